The van der Waals surface area contributed by atoms with Crippen LogP contribution < -0.4 is 0 Å². The van der Waals surface area contributed by atoms with Crippen LogP contribution in [0.4, 0.5) is 0 Å². The second kappa shape index (κ2) is 5.03. The number of aromatic nitrogens is 2. The second-order valence-electron chi connectivity index (χ2n) is 3.98. The molecule has 0 aliphatic heterocycles. The van der Waals surface area contributed by atoms with Crippen molar-refractivity contribution in [2.75, 3.05) is 0 Å². The van der Waals surface area contributed by atoms with Crippen molar-refractivity contribution >= 4 is 35.0 Å². The normalized spacial score (nSPS) is 10.9. The van der Waals surface area contributed by atoms with Crippen LogP contribution in [0, 0.1) is 13.8 Å². The minimum Gasteiger partial charge on any atom is -0.506 e. The van der Waals surface area contributed by atoms with Crippen molar-refractivity contribution in [3.05, 3.63) is 33.4 Å². The molecule has 96 valence electrons. The Hall–Kier alpha value is -0.840. The highest BCUT2D eigenvalue weighted by molar-refractivity contribution is 7.99. The Morgan fingerprint density at radius 1 is 1.22 bits per heavy atom. The van der Waals surface area contributed by atoms with Gasteiger partial charge >= 0.3 is 0 Å². The van der Waals surface area contributed by atoms with Crippen LogP contribution in [0.25, 0.3) is 0 Å². The van der Waals surface area contributed by atoms with E-state index in [2.05, 4.69) is 5.10 Å². The molecule has 1 N–H and O–H groups in total. The summed E-state index contributed by atoms with van der Waals surface area (Å²) in [6, 6.07) is 3.11. The van der Waals surface area contributed by atoms with Crippen LogP contribution in [0.15, 0.2) is 22.1 Å². The zero-order valence-electron chi connectivity index (χ0n) is 10.2. The van der Waals surface area contributed by atoms with Gasteiger partial charge < -0.3 is 5.11 Å². The Labute approximate surface area is 120 Å². The zero-order chi connectivity index (χ0) is 13.4. The fourth-order valence-corrected chi connectivity index (χ4v) is 3.09. The standard InChI is InChI=1S/C12H12Cl2N2OS/c1-6-7(2)15-16(3)12(6)18-11-5-10(17)8(13)4-9(11)14/h4-5,17H,1-3H3. The number of phenolic OH excluding ortho intramolecular Hbond substituents is 1. The molecule has 0 aliphatic carbocycles. The maximum absolute atomic E-state index is 9.62. The van der Waals surface area contributed by atoms with Gasteiger partial charge in [0.15, 0.2) is 0 Å². The number of rotatable bonds is 2. The van der Waals surface area contributed by atoms with Crippen LogP contribution in [0.5, 0.6) is 5.75 Å². The molecule has 3 nitrogen and oxygen atoms in total. The van der Waals surface area contributed by atoms with Gasteiger partial charge in [-0.05, 0) is 26.0 Å². The summed E-state index contributed by atoms with van der Waals surface area (Å²) < 4.78 is 1.80. The largest absolute Gasteiger partial charge is 0.506 e. The fraction of sp³-hybridized carbons (Fsp3) is 0.250. The summed E-state index contributed by atoms with van der Waals surface area (Å²) in [5.41, 5.74) is 2.09. The molecule has 18 heavy (non-hydrogen) atoms. The number of halogens is 2. The van der Waals surface area contributed by atoms with Gasteiger partial charge in [-0.3, -0.25) is 4.68 Å². The SMILES string of the molecule is Cc1nn(C)c(Sc2cc(O)c(Cl)cc2Cl)c1C. The Kier molecular flexibility index (Phi) is 3.80. The number of benzene rings is 1. The summed E-state index contributed by atoms with van der Waals surface area (Å²) >= 11 is 13.4. The number of hydrogen-bond acceptors (Lipinski definition) is 3. The summed E-state index contributed by atoms with van der Waals surface area (Å²) in [4.78, 5) is 0.754. The highest BCUT2D eigenvalue weighted by Crippen LogP contribution is 2.40. The van der Waals surface area contributed by atoms with Crippen molar-refractivity contribution in [1.82, 2.24) is 9.78 Å². The van der Waals surface area contributed by atoms with E-state index in [9.17, 15) is 5.11 Å². The summed E-state index contributed by atoms with van der Waals surface area (Å²) in [6.07, 6.45) is 0. The highest BCUT2D eigenvalue weighted by Gasteiger charge is 2.14. The van der Waals surface area contributed by atoms with Gasteiger partial charge in [-0.2, -0.15) is 5.10 Å². The molecule has 0 fully saturated rings. The van der Waals surface area contributed by atoms with E-state index in [1.165, 1.54) is 11.8 Å². The van der Waals surface area contributed by atoms with E-state index in [1.54, 1.807) is 16.8 Å². The molecule has 0 saturated carbocycles. The first-order chi connectivity index (χ1) is 8.40. The predicted octanol–water partition coefficient (Wildman–Crippen LogP) is 4.20. The van der Waals surface area contributed by atoms with Gasteiger partial charge in [0.2, 0.25) is 0 Å². The average Bonchev–Trinajstić information content (AvgIpc) is 2.52. The minimum atomic E-state index is 0.0279. The Morgan fingerprint density at radius 2 is 1.89 bits per heavy atom. The van der Waals surface area contributed by atoms with E-state index in [-0.39, 0.29) is 10.8 Å². The van der Waals surface area contributed by atoms with Crippen LogP contribution in [0.2, 0.25) is 10.0 Å². The third kappa shape index (κ3) is 2.46. The lowest BCUT2D eigenvalue weighted by molar-refractivity contribution is 0.474. The van der Waals surface area contributed by atoms with Crippen LogP contribution in [0.1, 0.15) is 11.3 Å². The zero-order valence-corrected chi connectivity index (χ0v) is 12.5. The Morgan fingerprint density at radius 3 is 2.44 bits per heavy atom. The first kappa shape index (κ1) is 13.6. The fourth-order valence-electron chi connectivity index (χ4n) is 1.59. The number of hydrogen-bond donors (Lipinski definition) is 1. The van der Waals surface area contributed by atoms with Gasteiger partial charge in [-0.1, -0.05) is 35.0 Å². The lowest BCUT2D eigenvalue weighted by Crippen LogP contribution is -1.92. The summed E-state index contributed by atoms with van der Waals surface area (Å²) in [7, 11) is 1.88. The first-order valence-corrected chi connectivity index (χ1v) is 6.83. The molecule has 0 atom stereocenters. The molecule has 0 saturated heterocycles. The van der Waals surface area contributed by atoms with Gasteiger partial charge in [-0.15, -0.1) is 0 Å². The van der Waals surface area contributed by atoms with Crippen LogP contribution in [0.3, 0.4) is 0 Å². The summed E-state index contributed by atoms with van der Waals surface area (Å²) in [5, 5.41) is 15.7. The van der Waals surface area contributed by atoms with Crippen LogP contribution in [-0.4, -0.2) is 14.9 Å². The highest BCUT2D eigenvalue weighted by atomic mass is 35.5. The minimum absolute atomic E-state index is 0.0279. The molecule has 0 bridgehead atoms. The van der Waals surface area contributed by atoms with E-state index in [0.29, 0.717) is 5.02 Å². The molecule has 1 aromatic carbocycles. The molecule has 1 aromatic heterocycles. The molecule has 2 aromatic rings. The van der Waals surface area contributed by atoms with Crippen molar-refractivity contribution in [3.8, 4) is 5.75 Å². The first-order valence-electron chi connectivity index (χ1n) is 5.26. The molecule has 0 spiro atoms. The Bertz CT molecular complexity index is 611. The molecule has 2 rings (SSSR count). The molecule has 1 heterocycles. The van der Waals surface area contributed by atoms with Crippen molar-refractivity contribution in [3.63, 3.8) is 0 Å². The monoisotopic (exact) mass is 302 g/mol. The van der Waals surface area contributed by atoms with E-state index in [0.717, 1.165) is 21.2 Å². The van der Waals surface area contributed by atoms with E-state index < -0.39 is 0 Å². The van der Waals surface area contributed by atoms with Gasteiger partial charge in [0.1, 0.15) is 10.8 Å². The molecular weight excluding hydrogens is 291 g/mol. The van der Waals surface area contributed by atoms with Gasteiger partial charge in [0.05, 0.1) is 15.7 Å². The molecule has 0 radical (unpaired) electrons. The lowest BCUT2D eigenvalue weighted by Gasteiger charge is -2.07. The van der Waals surface area contributed by atoms with Crippen LogP contribution in [-0.2, 0) is 7.05 Å². The smallest absolute Gasteiger partial charge is 0.135 e. The summed E-state index contributed by atoms with van der Waals surface area (Å²) in [5.74, 6) is 0.0279. The lowest BCUT2D eigenvalue weighted by atomic mass is 10.3. The van der Waals surface area contributed by atoms with Gasteiger partial charge in [-0.25, -0.2) is 0 Å². The quantitative estimate of drug-likeness (QED) is 0.903. The molecule has 6 heteroatoms. The topological polar surface area (TPSA) is 38.0 Å². The maximum atomic E-state index is 9.62. The van der Waals surface area contributed by atoms with Crippen molar-refractivity contribution < 1.29 is 5.11 Å². The molecule has 0 amide bonds. The predicted molar refractivity (Wildman–Crippen MR) is 74.9 cm³/mol. The third-order valence-electron chi connectivity index (χ3n) is 2.67. The van der Waals surface area contributed by atoms with E-state index in [1.807, 2.05) is 20.9 Å². The van der Waals surface area contributed by atoms with Crippen molar-refractivity contribution in [1.29, 1.82) is 0 Å². The van der Waals surface area contributed by atoms with Gasteiger partial charge in [0, 0.05) is 17.5 Å². The number of aryl methyl sites for hydroxylation is 2. The van der Waals surface area contributed by atoms with E-state index >= 15 is 0 Å². The van der Waals surface area contributed by atoms with Crippen molar-refractivity contribution in [2.45, 2.75) is 23.8 Å². The number of nitrogens with zero attached hydrogens (tertiary/aromatic N) is 2. The second-order valence-corrected chi connectivity index (χ2v) is 5.82. The Balaban J connectivity index is 2.43. The third-order valence-corrected chi connectivity index (χ3v) is 4.71. The molecular formula is C12H12Cl2N2OS. The number of aromatic hydroxyl groups is 1. The van der Waals surface area contributed by atoms with Crippen molar-refractivity contribution in [2.24, 2.45) is 7.05 Å². The number of phenols is 1. The van der Waals surface area contributed by atoms with Crippen LogP contribution >= 0.6 is 35.0 Å². The molecule has 0 aliphatic rings. The van der Waals surface area contributed by atoms with Gasteiger partial charge in [0.25, 0.3) is 0 Å². The maximum Gasteiger partial charge on any atom is 0.135 e. The van der Waals surface area contributed by atoms with E-state index in [4.69, 9.17) is 23.2 Å². The molecule has 0 unspecified atom stereocenters. The average molecular weight is 303 g/mol. The summed E-state index contributed by atoms with van der Waals surface area (Å²) in [6.45, 7) is 3.97.